The van der Waals surface area contributed by atoms with Crippen LogP contribution in [0.15, 0.2) is 36.4 Å². The Morgan fingerprint density at radius 3 is 2.77 bits per heavy atom. The summed E-state index contributed by atoms with van der Waals surface area (Å²) in [5.41, 5.74) is 10.8. The highest BCUT2D eigenvalue weighted by molar-refractivity contribution is 5.96. The molecule has 3 rings (SSSR count). The van der Waals surface area contributed by atoms with E-state index in [9.17, 15) is 9.59 Å². The van der Waals surface area contributed by atoms with Gasteiger partial charge in [0.1, 0.15) is 5.75 Å². The third kappa shape index (κ3) is 5.51. The van der Waals surface area contributed by atoms with Crippen LogP contribution in [0, 0.1) is 6.92 Å². The number of methoxy groups -OCH3 is 1. The summed E-state index contributed by atoms with van der Waals surface area (Å²) in [6.45, 7) is 3.52. The van der Waals surface area contributed by atoms with Crippen LogP contribution in [-0.4, -0.2) is 45.1 Å². The maximum absolute atomic E-state index is 12.5. The minimum atomic E-state index is -0.294. The van der Waals surface area contributed by atoms with Gasteiger partial charge in [-0.05, 0) is 67.6 Å². The zero-order chi connectivity index (χ0) is 21.5. The van der Waals surface area contributed by atoms with Crippen molar-refractivity contribution in [3.05, 3.63) is 53.1 Å². The van der Waals surface area contributed by atoms with Crippen molar-refractivity contribution in [1.82, 2.24) is 5.32 Å². The molecule has 30 heavy (non-hydrogen) atoms. The summed E-state index contributed by atoms with van der Waals surface area (Å²) in [6, 6.07) is 11.9. The number of nitrogens with zero attached hydrogens (tertiary/aromatic N) is 1. The third-order valence-corrected chi connectivity index (χ3v) is 5.20. The zero-order valence-electron chi connectivity index (χ0n) is 17.7. The predicted octanol–water partition coefficient (Wildman–Crippen LogP) is 2.01. The number of amides is 2. The highest BCUT2D eigenvalue weighted by Gasteiger charge is 2.20. The molecule has 0 spiro atoms. The molecule has 0 bridgehead atoms. The summed E-state index contributed by atoms with van der Waals surface area (Å²) in [5, 5.41) is 5.51. The number of anilines is 2. The van der Waals surface area contributed by atoms with E-state index in [0.717, 1.165) is 37.1 Å². The monoisotopic (exact) mass is 410 g/mol. The van der Waals surface area contributed by atoms with Gasteiger partial charge in [0.05, 0.1) is 25.9 Å². The highest BCUT2D eigenvalue weighted by atomic mass is 16.5. The first kappa shape index (κ1) is 21.6. The summed E-state index contributed by atoms with van der Waals surface area (Å²) >= 11 is 0. The topological polar surface area (TPSA) is 96.7 Å². The van der Waals surface area contributed by atoms with Crippen LogP contribution in [0.4, 0.5) is 11.4 Å². The number of carbonyl (C=O) groups is 2. The van der Waals surface area contributed by atoms with Gasteiger partial charge in [-0.2, -0.15) is 0 Å². The van der Waals surface area contributed by atoms with Gasteiger partial charge in [0.15, 0.2) is 0 Å². The van der Waals surface area contributed by atoms with Crippen LogP contribution in [0.3, 0.4) is 0 Å². The lowest BCUT2D eigenvalue weighted by molar-refractivity contribution is -0.123. The molecule has 2 amide bonds. The third-order valence-electron chi connectivity index (χ3n) is 5.20. The van der Waals surface area contributed by atoms with Crippen LogP contribution in [0.25, 0.3) is 0 Å². The van der Waals surface area contributed by atoms with Gasteiger partial charge in [-0.25, -0.2) is 0 Å². The Labute approximate surface area is 177 Å². The van der Waals surface area contributed by atoms with Gasteiger partial charge >= 0.3 is 0 Å². The largest absolute Gasteiger partial charge is 0.495 e. The van der Waals surface area contributed by atoms with Gasteiger partial charge in [-0.1, -0.05) is 18.2 Å². The maximum Gasteiger partial charge on any atom is 0.243 e. The summed E-state index contributed by atoms with van der Waals surface area (Å²) in [5.74, 6) is 0.108. The number of aryl methyl sites for hydroxylation is 2. The van der Waals surface area contributed by atoms with E-state index < -0.39 is 0 Å². The molecule has 1 aliphatic rings. The van der Waals surface area contributed by atoms with Gasteiger partial charge in [0, 0.05) is 12.2 Å². The maximum atomic E-state index is 12.5. The second-order valence-electron chi connectivity index (χ2n) is 7.56. The van der Waals surface area contributed by atoms with Crippen LogP contribution in [-0.2, 0) is 22.4 Å². The average molecular weight is 411 g/mol. The number of hydrogen-bond acceptors (Lipinski definition) is 5. The Hall–Kier alpha value is -3.06. The molecule has 4 N–H and O–H groups in total. The fourth-order valence-electron chi connectivity index (χ4n) is 3.74. The van der Waals surface area contributed by atoms with Crippen molar-refractivity contribution in [2.45, 2.75) is 26.2 Å². The molecular formula is C23H30N4O3. The number of benzene rings is 2. The SMILES string of the molecule is COc1ccc(C)cc1NC(=O)CNC(=O)CN1CCCc2cc(CCN)ccc21. The van der Waals surface area contributed by atoms with Crippen molar-refractivity contribution in [1.29, 1.82) is 0 Å². The zero-order valence-corrected chi connectivity index (χ0v) is 17.7. The standard InChI is InChI=1S/C23H30N4O3/c1-16-5-8-21(30-2)19(12-16)26-22(28)14-25-23(29)15-27-11-3-4-18-13-17(9-10-24)6-7-20(18)27/h5-8,12-13H,3-4,9-11,14-15,24H2,1-2H3,(H,25,29)(H,26,28). The van der Waals surface area contributed by atoms with E-state index in [-0.39, 0.29) is 24.9 Å². The molecule has 1 heterocycles. The molecule has 7 nitrogen and oxygen atoms in total. The van der Waals surface area contributed by atoms with Crippen molar-refractivity contribution >= 4 is 23.2 Å². The van der Waals surface area contributed by atoms with Crippen LogP contribution in [0.1, 0.15) is 23.1 Å². The Morgan fingerprint density at radius 1 is 1.17 bits per heavy atom. The Morgan fingerprint density at radius 2 is 2.00 bits per heavy atom. The predicted molar refractivity (Wildman–Crippen MR) is 119 cm³/mol. The lowest BCUT2D eigenvalue weighted by Gasteiger charge is -2.31. The van der Waals surface area contributed by atoms with E-state index in [4.69, 9.17) is 10.5 Å². The molecule has 0 fully saturated rings. The van der Waals surface area contributed by atoms with Crippen molar-refractivity contribution < 1.29 is 14.3 Å². The minimum absolute atomic E-state index is 0.0912. The summed E-state index contributed by atoms with van der Waals surface area (Å²) < 4.78 is 5.27. The molecule has 1 aliphatic heterocycles. The minimum Gasteiger partial charge on any atom is -0.495 e. The summed E-state index contributed by atoms with van der Waals surface area (Å²) in [6.07, 6.45) is 2.86. The van der Waals surface area contributed by atoms with Crippen molar-refractivity contribution in [3.8, 4) is 5.75 Å². The van der Waals surface area contributed by atoms with Crippen LogP contribution in [0.2, 0.25) is 0 Å². The molecule has 0 saturated heterocycles. The van der Waals surface area contributed by atoms with E-state index in [1.165, 1.54) is 11.1 Å². The number of fused-ring (bicyclic) bond motifs is 1. The highest BCUT2D eigenvalue weighted by Crippen LogP contribution is 2.28. The second-order valence-corrected chi connectivity index (χ2v) is 7.56. The molecule has 0 unspecified atom stereocenters. The first-order valence-corrected chi connectivity index (χ1v) is 10.3. The summed E-state index contributed by atoms with van der Waals surface area (Å²) in [4.78, 5) is 26.8. The van der Waals surface area contributed by atoms with E-state index in [1.807, 2.05) is 19.1 Å². The molecule has 0 aliphatic carbocycles. The van der Waals surface area contributed by atoms with E-state index in [2.05, 4.69) is 33.7 Å². The lowest BCUT2D eigenvalue weighted by Crippen LogP contribution is -2.42. The number of rotatable bonds is 8. The van der Waals surface area contributed by atoms with E-state index in [0.29, 0.717) is 18.0 Å². The van der Waals surface area contributed by atoms with Gasteiger partial charge in [0.25, 0.3) is 0 Å². The van der Waals surface area contributed by atoms with Crippen molar-refractivity contribution in [2.24, 2.45) is 5.73 Å². The van der Waals surface area contributed by atoms with Gasteiger partial charge in [-0.15, -0.1) is 0 Å². The van der Waals surface area contributed by atoms with Crippen LogP contribution >= 0.6 is 0 Å². The quantitative estimate of drug-likeness (QED) is 0.619. The number of carbonyl (C=O) groups excluding carboxylic acids is 2. The van der Waals surface area contributed by atoms with E-state index >= 15 is 0 Å². The van der Waals surface area contributed by atoms with Gasteiger partial charge in [-0.3, -0.25) is 9.59 Å². The van der Waals surface area contributed by atoms with Gasteiger partial charge < -0.3 is 26.0 Å². The Balaban J connectivity index is 1.54. The molecular weight excluding hydrogens is 380 g/mol. The molecule has 0 saturated carbocycles. The average Bonchev–Trinajstić information content (AvgIpc) is 2.73. The number of hydrogen-bond donors (Lipinski definition) is 3. The van der Waals surface area contributed by atoms with Gasteiger partial charge in [0.2, 0.25) is 11.8 Å². The molecule has 160 valence electrons. The smallest absolute Gasteiger partial charge is 0.243 e. The Kier molecular flexibility index (Phi) is 7.30. The van der Waals surface area contributed by atoms with Crippen molar-refractivity contribution in [3.63, 3.8) is 0 Å². The molecule has 0 atom stereocenters. The van der Waals surface area contributed by atoms with Crippen LogP contribution < -0.4 is 26.0 Å². The molecule has 2 aromatic rings. The molecule has 7 heteroatoms. The Bertz CT molecular complexity index is 913. The molecule has 0 aromatic heterocycles. The van der Waals surface area contributed by atoms with Crippen molar-refractivity contribution in [2.75, 3.05) is 43.5 Å². The number of nitrogens with one attached hydrogen (secondary N) is 2. The van der Waals surface area contributed by atoms with Crippen LogP contribution in [0.5, 0.6) is 5.75 Å². The molecule has 0 radical (unpaired) electrons. The fourth-order valence-corrected chi connectivity index (χ4v) is 3.74. The summed E-state index contributed by atoms with van der Waals surface area (Å²) in [7, 11) is 1.55. The lowest BCUT2D eigenvalue weighted by atomic mass is 9.98. The number of ether oxygens (including phenoxy) is 1. The molecule has 2 aromatic carbocycles. The first-order chi connectivity index (χ1) is 14.5. The fraction of sp³-hybridized carbons (Fsp3) is 0.391. The second kappa shape index (κ2) is 10.1. The number of nitrogens with two attached hydrogens (primary N) is 1. The van der Waals surface area contributed by atoms with E-state index in [1.54, 1.807) is 13.2 Å². The normalized spacial score (nSPS) is 12.8. The first-order valence-electron chi connectivity index (χ1n) is 10.3.